The maximum Gasteiger partial charge on any atom is 0.243 e. The summed E-state index contributed by atoms with van der Waals surface area (Å²) < 4.78 is 48.1. The summed E-state index contributed by atoms with van der Waals surface area (Å²) >= 11 is 0. The smallest absolute Gasteiger partial charge is 0.243 e. The molecular formula is C58H70F2N12O7. The molecule has 1 saturated carbocycles. The number of fused-ring (bicyclic) bond motifs is 2. The van der Waals surface area contributed by atoms with Gasteiger partial charge in [0.25, 0.3) is 0 Å². The molecule has 0 spiro atoms. The number of carbonyl (C=O) groups is 2. The normalized spacial score (nSPS) is 24.6. The van der Waals surface area contributed by atoms with Gasteiger partial charge in [0.15, 0.2) is 17.4 Å². The average Bonchev–Trinajstić information content (AvgIpc) is 4.24. The van der Waals surface area contributed by atoms with Crippen molar-refractivity contribution in [1.29, 1.82) is 5.26 Å². The number of benzene rings is 2. The van der Waals surface area contributed by atoms with Gasteiger partial charge in [0.1, 0.15) is 41.5 Å². The van der Waals surface area contributed by atoms with Crippen molar-refractivity contribution in [3.8, 4) is 29.0 Å². The Hall–Kier alpha value is -7.15. The lowest BCUT2D eigenvalue weighted by molar-refractivity contribution is -0.141. The van der Waals surface area contributed by atoms with Gasteiger partial charge in [0, 0.05) is 119 Å². The molecule has 3 aromatic heterocycles. The van der Waals surface area contributed by atoms with Crippen LogP contribution in [0.3, 0.4) is 0 Å². The van der Waals surface area contributed by atoms with Crippen LogP contribution in [0.15, 0.2) is 71.4 Å². The molecule has 5 saturated heterocycles. The van der Waals surface area contributed by atoms with Crippen molar-refractivity contribution in [2.45, 2.75) is 133 Å². The SMILES string of the molecule is CC(C)[C@@H](C(=O)N1C[C@H](O)C[C@H]1C(=O)N[C@H](C)c1cc(F)c(C#N)cc1F)c1cc(N2CCC(CN3CCC(OC4CC(Oc5cc(N6C7CCC6CN(c6cc(-c8ccccc8O)nnc6N)C7)ccn5)C4)CC3)CC2)no1. The first-order chi connectivity index (χ1) is 38.2. The van der Waals surface area contributed by atoms with E-state index in [9.17, 15) is 28.6 Å². The molecule has 1 aliphatic carbocycles. The van der Waals surface area contributed by atoms with Gasteiger partial charge < -0.3 is 59.8 Å². The van der Waals surface area contributed by atoms with E-state index in [0.717, 1.165) is 121 Å². The summed E-state index contributed by atoms with van der Waals surface area (Å²) in [6.45, 7) is 11.4. The molecule has 5 aromatic rings. The van der Waals surface area contributed by atoms with Crippen molar-refractivity contribution in [3.63, 3.8) is 0 Å². The zero-order valence-electron chi connectivity index (χ0n) is 45.0. The number of para-hydroxylation sites is 1. The second kappa shape index (κ2) is 22.9. The number of nitrogens with one attached hydrogen (secondary N) is 1. The van der Waals surface area contributed by atoms with E-state index in [0.29, 0.717) is 40.5 Å². The van der Waals surface area contributed by atoms with Crippen LogP contribution in [0.4, 0.5) is 31.8 Å². The average molecular weight is 1090 g/mol. The predicted molar refractivity (Wildman–Crippen MR) is 290 cm³/mol. The highest BCUT2D eigenvalue weighted by Crippen LogP contribution is 2.41. The maximum atomic E-state index is 14.8. The lowest BCUT2D eigenvalue weighted by Crippen LogP contribution is -2.54. The third-order valence-electron chi connectivity index (χ3n) is 17.2. The first-order valence-electron chi connectivity index (χ1n) is 28.0. The van der Waals surface area contributed by atoms with Gasteiger partial charge in [-0.05, 0) is 93.7 Å². The van der Waals surface area contributed by atoms with Gasteiger partial charge in [-0.15, -0.1) is 10.2 Å². The largest absolute Gasteiger partial charge is 0.507 e. The summed E-state index contributed by atoms with van der Waals surface area (Å²) in [6, 6.07) is 16.9. The molecule has 2 aromatic carbocycles. The summed E-state index contributed by atoms with van der Waals surface area (Å²) in [7, 11) is 0. The molecule has 19 nitrogen and oxygen atoms in total. The molecule has 2 unspecified atom stereocenters. The van der Waals surface area contributed by atoms with Crippen LogP contribution in [0.25, 0.3) is 11.3 Å². The number of hydrogen-bond donors (Lipinski definition) is 4. The number of nitriles is 1. The number of aliphatic hydroxyl groups is 1. The van der Waals surface area contributed by atoms with Gasteiger partial charge in [-0.3, -0.25) is 9.59 Å². The van der Waals surface area contributed by atoms with Gasteiger partial charge in [0.05, 0.1) is 41.3 Å². The lowest BCUT2D eigenvalue weighted by atomic mass is 9.91. The minimum Gasteiger partial charge on any atom is -0.507 e. The first-order valence-corrected chi connectivity index (χ1v) is 28.0. The molecule has 79 heavy (non-hydrogen) atoms. The standard InChI is InChI=1S/C58H70F2N12O7/c1-33(2)55(58(76)71-32-40(73)22-50(71)57(75)64-34(3)45-25-46(59)36(28-61)20-47(45)60)52-27-53(67-79-52)69-18-11-35(12-19-69)29-68-16-13-41(14-17-68)77-42-23-43(24-42)78-54-21-37(10-15-63-54)72-38-8-9-39(72)31-70(30-38)49-26-48(65-66-56(49)62)44-6-4-5-7-51(44)74/h4-7,10,15,20-21,25-27,33-35,38-43,50,55,73-74H,8-9,11-14,16-19,22-24,29-32H2,1-3H3,(H2,62,66)(H,64,75)/t34-,38?,39?,40-,42?,43?,50+,55-/m1/s1. The fraction of sp³-hybridized carbons (Fsp3) is 0.534. The van der Waals surface area contributed by atoms with Crippen LogP contribution in [-0.4, -0.2) is 147 Å². The Morgan fingerprint density at radius 2 is 1.62 bits per heavy atom. The van der Waals surface area contributed by atoms with Crippen molar-refractivity contribution < 1.29 is 42.6 Å². The number of rotatable bonds is 16. The number of amides is 2. The van der Waals surface area contributed by atoms with Gasteiger partial charge >= 0.3 is 0 Å². The van der Waals surface area contributed by atoms with Crippen LogP contribution in [0.5, 0.6) is 11.6 Å². The van der Waals surface area contributed by atoms with Crippen LogP contribution >= 0.6 is 0 Å². The number of aromatic nitrogens is 4. The van der Waals surface area contributed by atoms with Crippen LogP contribution < -0.4 is 30.5 Å². The highest BCUT2D eigenvalue weighted by Gasteiger charge is 2.45. The summed E-state index contributed by atoms with van der Waals surface area (Å²) in [5.74, 6) is -1.02. The fourth-order valence-corrected chi connectivity index (χ4v) is 12.9. The van der Waals surface area contributed by atoms with E-state index in [-0.39, 0.29) is 60.6 Å². The highest BCUT2D eigenvalue weighted by molar-refractivity contribution is 5.91. The molecule has 2 bridgehead atoms. The fourth-order valence-electron chi connectivity index (χ4n) is 12.9. The van der Waals surface area contributed by atoms with E-state index in [1.165, 1.54) is 11.8 Å². The monoisotopic (exact) mass is 1080 g/mol. The van der Waals surface area contributed by atoms with Crippen LogP contribution in [0.2, 0.25) is 0 Å². The van der Waals surface area contributed by atoms with Crippen molar-refractivity contribution in [2.24, 2.45) is 11.8 Å². The number of aliphatic hydroxyl groups excluding tert-OH is 1. The maximum absolute atomic E-state index is 14.8. The Kier molecular flexibility index (Phi) is 15.6. The van der Waals surface area contributed by atoms with E-state index in [1.807, 2.05) is 44.3 Å². The topological polar surface area (TPSA) is 236 Å². The number of phenolic OH excluding ortho intramolecular Hbond substituents is 1. The van der Waals surface area contributed by atoms with Crippen LogP contribution in [-0.2, 0) is 14.3 Å². The molecule has 0 radical (unpaired) electrons. The van der Waals surface area contributed by atoms with Gasteiger partial charge in [-0.2, -0.15) is 5.26 Å². The second-order valence-electron chi connectivity index (χ2n) is 22.9. The van der Waals surface area contributed by atoms with Crippen LogP contribution in [0, 0.1) is 34.8 Å². The molecule has 418 valence electrons. The van der Waals surface area contributed by atoms with E-state index >= 15 is 0 Å². The molecule has 21 heteroatoms. The number of hydrogen-bond acceptors (Lipinski definition) is 17. The first kappa shape index (κ1) is 53.8. The Morgan fingerprint density at radius 3 is 2.34 bits per heavy atom. The van der Waals surface area contributed by atoms with Gasteiger partial charge in [-0.1, -0.05) is 31.1 Å². The van der Waals surface area contributed by atoms with E-state index in [4.69, 9.17) is 25.0 Å². The molecule has 6 aliphatic rings. The lowest BCUT2D eigenvalue weighted by Gasteiger charge is -2.43. The number of anilines is 4. The van der Waals surface area contributed by atoms with E-state index < -0.39 is 53.1 Å². The molecule has 11 rings (SSSR count). The number of carbonyl (C=O) groups excluding carboxylic acids is 2. The highest BCUT2D eigenvalue weighted by atomic mass is 19.1. The molecule has 6 atom stereocenters. The number of β-amino-alcohol motifs (C(OH)–C–C–N with tert-alkyl or cyclic N) is 1. The minimum absolute atomic E-state index is 0.0200. The number of likely N-dealkylation sites (tertiary alicyclic amines) is 2. The quantitative estimate of drug-likeness (QED) is 0.0804. The number of nitrogen functional groups attached to an aromatic ring is 1. The Bertz CT molecular complexity index is 3030. The zero-order valence-corrected chi connectivity index (χ0v) is 45.0. The third kappa shape index (κ3) is 11.5. The Morgan fingerprint density at radius 1 is 0.873 bits per heavy atom. The number of piperidine rings is 2. The van der Waals surface area contributed by atoms with Crippen molar-refractivity contribution in [3.05, 3.63) is 95.4 Å². The van der Waals surface area contributed by atoms with E-state index in [1.54, 1.807) is 18.2 Å². The molecule has 6 fully saturated rings. The number of halogens is 2. The summed E-state index contributed by atoms with van der Waals surface area (Å²) in [4.78, 5) is 43.4. The number of nitrogens with zero attached hydrogens (tertiary/aromatic N) is 10. The molecule has 5 aliphatic heterocycles. The summed E-state index contributed by atoms with van der Waals surface area (Å²) in [5.41, 5.74) is 8.97. The number of ether oxygens (including phenoxy) is 2. The zero-order chi connectivity index (χ0) is 55.1. The Labute approximate surface area is 458 Å². The predicted octanol–water partition coefficient (Wildman–Crippen LogP) is 6.71. The number of piperazine rings is 1. The summed E-state index contributed by atoms with van der Waals surface area (Å²) in [6.07, 6.45) is 9.16. The van der Waals surface area contributed by atoms with Crippen molar-refractivity contribution >= 4 is 34.8 Å². The Balaban J connectivity index is 0.603. The number of nitrogens with two attached hydrogens (primary N) is 1. The number of aromatic hydroxyl groups is 1. The molecule has 8 heterocycles. The third-order valence-corrected chi connectivity index (χ3v) is 17.2. The van der Waals surface area contributed by atoms with Crippen molar-refractivity contribution in [2.75, 3.05) is 72.8 Å². The van der Waals surface area contributed by atoms with Gasteiger partial charge in [-0.25, -0.2) is 13.8 Å². The van der Waals surface area contributed by atoms with Crippen LogP contribution in [0.1, 0.15) is 107 Å². The van der Waals surface area contributed by atoms with Gasteiger partial charge in [0.2, 0.25) is 17.7 Å². The van der Waals surface area contributed by atoms with E-state index in [2.05, 4.69) is 57.4 Å². The molecular weight excluding hydrogens is 1010 g/mol. The number of phenols is 1. The molecule has 2 amide bonds. The number of pyridine rings is 1. The second-order valence-corrected chi connectivity index (χ2v) is 22.9. The summed E-state index contributed by atoms with van der Waals surface area (Å²) in [5, 5.41) is 45.8. The molecule has 5 N–H and O–H groups in total. The minimum atomic E-state index is -1.05. The van der Waals surface area contributed by atoms with Crippen molar-refractivity contribution in [1.82, 2.24) is 35.5 Å².